The van der Waals surface area contributed by atoms with Gasteiger partial charge in [-0.15, -0.1) is 0 Å². The van der Waals surface area contributed by atoms with E-state index in [2.05, 4.69) is 15.3 Å². The molecule has 0 aliphatic rings. The molecule has 2 heterocycles. The number of amides is 1. The van der Waals surface area contributed by atoms with Crippen molar-refractivity contribution in [3.63, 3.8) is 0 Å². The van der Waals surface area contributed by atoms with Crippen molar-refractivity contribution in [3.8, 4) is 11.3 Å². The lowest BCUT2D eigenvalue weighted by molar-refractivity contribution is 0.0956. The van der Waals surface area contributed by atoms with Crippen molar-refractivity contribution in [2.75, 3.05) is 6.54 Å². The average Bonchev–Trinajstić information content (AvgIpc) is 2.73. The number of fused-ring (bicyclic) bond motifs is 1. The highest BCUT2D eigenvalue weighted by atomic mass is 19.1. The Labute approximate surface area is 162 Å². The molecule has 0 fully saturated rings. The SMILES string of the molecule is O=C(NCCc1cccc(F)c1)c1cc(-c2ccncc2)nc2ccccc12. The molecule has 2 aromatic heterocycles. The lowest BCUT2D eigenvalue weighted by Gasteiger charge is -2.11. The van der Waals surface area contributed by atoms with Gasteiger partial charge in [-0.05, 0) is 48.4 Å². The molecule has 4 nitrogen and oxygen atoms in total. The van der Waals surface area contributed by atoms with Gasteiger partial charge >= 0.3 is 0 Å². The van der Waals surface area contributed by atoms with E-state index >= 15 is 0 Å². The Morgan fingerprint density at radius 1 is 0.964 bits per heavy atom. The van der Waals surface area contributed by atoms with Crippen molar-refractivity contribution in [1.29, 1.82) is 0 Å². The first-order chi connectivity index (χ1) is 13.7. The first kappa shape index (κ1) is 17.8. The number of hydrogen-bond donors (Lipinski definition) is 1. The number of carbonyl (C=O) groups is 1. The monoisotopic (exact) mass is 371 g/mol. The number of nitrogens with zero attached hydrogens (tertiary/aromatic N) is 2. The number of pyridine rings is 2. The van der Waals surface area contributed by atoms with Crippen molar-refractivity contribution in [2.24, 2.45) is 0 Å². The smallest absolute Gasteiger partial charge is 0.252 e. The molecule has 0 unspecified atom stereocenters. The zero-order valence-electron chi connectivity index (χ0n) is 15.1. The van der Waals surface area contributed by atoms with Crippen LogP contribution < -0.4 is 5.32 Å². The van der Waals surface area contributed by atoms with E-state index in [1.165, 1.54) is 12.1 Å². The zero-order chi connectivity index (χ0) is 19.3. The third kappa shape index (κ3) is 3.88. The maximum Gasteiger partial charge on any atom is 0.252 e. The van der Waals surface area contributed by atoms with Crippen molar-refractivity contribution in [1.82, 2.24) is 15.3 Å². The van der Waals surface area contributed by atoms with Crippen LogP contribution in [-0.2, 0) is 6.42 Å². The molecule has 138 valence electrons. The third-order valence-electron chi connectivity index (χ3n) is 4.53. The minimum absolute atomic E-state index is 0.176. The van der Waals surface area contributed by atoms with E-state index in [1.54, 1.807) is 24.5 Å². The third-order valence-corrected chi connectivity index (χ3v) is 4.53. The molecule has 0 atom stereocenters. The summed E-state index contributed by atoms with van der Waals surface area (Å²) in [5.74, 6) is -0.448. The van der Waals surface area contributed by atoms with E-state index in [9.17, 15) is 9.18 Å². The van der Waals surface area contributed by atoms with Crippen LogP contribution in [0.2, 0.25) is 0 Å². The van der Waals surface area contributed by atoms with Crippen LogP contribution in [0.4, 0.5) is 4.39 Å². The molecule has 4 aromatic rings. The predicted molar refractivity (Wildman–Crippen MR) is 107 cm³/mol. The van der Waals surface area contributed by atoms with Crippen molar-refractivity contribution in [3.05, 3.63) is 96.1 Å². The Morgan fingerprint density at radius 2 is 1.79 bits per heavy atom. The van der Waals surface area contributed by atoms with Gasteiger partial charge in [-0.3, -0.25) is 9.78 Å². The van der Waals surface area contributed by atoms with Gasteiger partial charge in [-0.25, -0.2) is 9.37 Å². The maximum absolute atomic E-state index is 13.3. The summed E-state index contributed by atoms with van der Waals surface area (Å²) in [7, 11) is 0. The van der Waals surface area contributed by atoms with E-state index in [0.717, 1.165) is 27.7 Å². The lowest BCUT2D eigenvalue weighted by atomic mass is 10.0. The van der Waals surface area contributed by atoms with Gasteiger partial charge < -0.3 is 5.32 Å². The summed E-state index contributed by atoms with van der Waals surface area (Å²) in [5, 5.41) is 3.73. The summed E-state index contributed by atoms with van der Waals surface area (Å²) in [4.78, 5) is 21.6. The van der Waals surface area contributed by atoms with Gasteiger partial charge in [0.25, 0.3) is 5.91 Å². The first-order valence-electron chi connectivity index (χ1n) is 9.03. The molecular weight excluding hydrogens is 353 g/mol. The van der Waals surface area contributed by atoms with E-state index < -0.39 is 0 Å². The molecule has 28 heavy (non-hydrogen) atoms. The number of benzene rings is 2. The largest absolute Gasteiger partial charge is 0.352 e. The number of halogens is 1. The Kier molecular flexibility index (Phi) is 5.06. The number of para-hydroxylation sites is 1. The van der Waals surface area contributed by atoms with Gasteiger partial charge in [-0.2, -0.15) is 0 Å². The van der Waals surface area contributed by atoms with Gasteiger partial charge in [0.05, 0.1) is 16.8 Å². The number of hydrogen-bond acceptors (Lipinski definition) is 3. The van der Waals surface area contributed by atoms with Gasteiger partial charge in [0.1, 0.15) is 5.82 Å². The van der Waals surface area contributed by atoms with Crippen LogP contribution in [-0.4, -0.2) is 22.4 Å². The number of nitrogens with one attached hydrogen (secondary N) is 1. The van der Waals surface area contributed by atoms with Crippen molar-refractivity contribution in [2.45, 2.75) is 6.42 Å². The average molecular weight is 371 g/mol. The van der Waals surface area contributed by atoms with E-state index in [1.807, 2.05) is 42.5 Å². The lowest BCUT2D eigenvalue weighted by Crippen LogP contribution is -2.26. The van der Waals surface area contributed by atoms with Crippen LogP contribution >= 0.6 is 0 Å². The van der Waals surface area contributed by atoms with Crippen LogP contribution in [0, 0.1) is 5.82 Å². The Hall–Kier alpha value is -3.60. The van der Waals surface area contributed by atoms with Gasteiger partial charge in [0.2, 0.25) is 0 Å². The van der Waals surface area contributed by atoms with E-state index in [-0.39, 0.29) is 11.7 Å². The summed E-state index contributed by atoms with van der Waals surface area (Å²) in [5.41, 5.74) is 3.78. The second-order valence-electron chi connectivity index (χ2n) is 6.44. The highest BCUT2D eigenvalue weighted by Gasteiger charge is 2.13. The summed E-state index contributed by atoms with van der Waals surface area (Å²) in [6.07, 6.45) is 3.96. The molecule has 2 aromatic carbocycles. The van der Waals surface area contributed by atoms with E-state index in [0.29, 0.717) is 18.5 Å². The summed E-state index contributed by atoms with van der Waals surface area (Å²) < 4.78 is 13.3. The van der Waals surface area contributed by atoms with Gasteiger partial charge in [0, 0.05) is 29.9 Å². The highest BCUT2D eigenvalue weighted by Crippen LogP contribution is 2.24. The van der Waals surface area contributed by atoms with Gasteiger partial charge in [-0.1, -0.05) is 30.3 Å². The Balaban J connectivity index is 1.60. The molecule has 0 saturated carbocycles. The van der Waals surface area contributed by atoms with Crippen molar-refractivity contribution >= 4 is 16.8 Å². The molecule has 0 aliphatic heterocycles. The highest BCUT2D eigenvalue weighted by molar-refractivity contribution is 6.07. The minimum Gasteiger partial charge on any atom is -0.352 e. The molecule has 4 rings (SSSR count). The number of aromatic nitrogens is 2. The summed E-state index contributed by atoms with van der Waals surface area (Å²) in [6, 6.07) is 19.5. The zero-order valence-corrected chi connectivity index (χ0v) is 15.1. The molecule has 0 aliphatic carbocycles. The van der Waals surface area contributed by atoms with Crippen LogP contribution in [0.3, 0.4) is 0 Å². The number of rotatable bonds is 5. The Bertz CT molecular complexity index is 1130. The molecule has 0 spiro atoms. The molecular formula is C23H18FN3O. The Morgan fingerprint density at radius 3 is 2.61 bits per heavy atom. The fourth-order valence-electron chi connectivity index (χ4n) is 3.14. The number of carbonyl (C=O) groups excluding carboxylic acids is 1. The first-order valence-corrected chi connectivity index (χ1v) is 9.03. The van der Waals surface area contributed by atoms with Crippen LogP contribution in [0.5, 0.6) is 0 Å². The van der Waals surface area contributed by atoms with Crippen molar-refractivity contribution < 1.29 is 9.18 Å². The molecule has 0 bridgehead atoms. The summed E-state index contributed by atoms with van der Waals surface area (Å²) in [6.45, 7) is 0.420. The maximum atomic E-state index is 13.3. The van der Waals surface area contributed by atoms with Crippen LogP contribution in [0.15, 0.2) is 79.1 Å². The molecule has 1 N–H and O–H groups in total. The fourth-order valence-corrected chi connectivity index (χ4v) is 3.14. The second kappa shape index (κ2) is 7.96. The molecule has 0 radical (unpaired) electrons. The quantitative estimate of drug-likeness (QED) is 0.565. The molecule has 1 amide bonds. The summed E-state index contributed by atoms with van der Waals surface area (Å²) >= 11 is 0. The van der Waals surface area contributed by atoms with Crippen LogP contribution in [0.25, 0.3) is 22.2 Å². The topological polar surface area (TPSA) is 54.9 Å². The standard InChI is InChI=1S/C23H18FN3O/c24-18-5-3-4-16(14-18)8-13-26-23(28)20-15-22(17-9-11-25-12-10-17)27-21-7-2-1-6-19(20)21/h1-7,9-12,14-15H,8,13H2,(H,26,28). The van der Waals surface area contributed by atoms with E-state index in [4.69, 9.17) is 0 Å². The predicted octanol–water partition coefficient (Wildman–Crippen LogP) is 4.41. The fraction of sp³-hybridized carbons (Fsp3) is 0.0870. The molecule has 0 saturated heterocycles. The second-order valence-corrected chi connectivity index (χ2v) is 6.44. The van der Waals surface area contributed by atoms with Crippen LogP contribution in [0.1, 0.15) is 15.9 Å². The normalized spacial score (nSPS) is 10.8. The van der Waals surface area contributed by atoms with Gasteiger partial charge in [0.15, 0.2) is 0 Å². The minimum atomic E-state index is -0.272. The molecule has 5 heteroatoms.